The minimum Gasteiger partial charge on any atom is -0.465 e. The molecular formula is C13H17Cl2NO2S. The number of carbonyl (C=O) groups excluding carboxylic acids is 1. The van der Waals surface area contributed by atoms with Crippen LogP contribution in [0.25, 0.3) is 0 Å². The predicted molar refractivity (Wildman–Crippen MR) is 81.3 cm³/mol. The Kier molecular flexibility index (Phi) is 7.61. The maximum Gasteiger partial charge on any atom is 0.323 e. The fraction of sp³-hybridized carbons (Fsp3) is 0.462. The first-order valence-corrected chi connectivity index (χ1v) is 7.74. The molecule has 1 rings (SSSR count). The number of nitrogens with one attached hydrogen (secondary N) is 1. The minimum atomic E-state index is -0.268. The molecule has 0 aromatic heterocycles. The van der Waals surface area contributed by atoms with Crippen LogP contribution < -0.4 is 5.32 Å². The fourth-order valence-electron chi connectivity index (χ4n) is 1.48. The highest BCUT2D eigenvalue weighted by atomic mass is 35.5. The molecule has 0 aliphatic carbocycles. The first kappa shape index (κ1) is 16.6. The van der Waals surface area contributed by atoms with E-state index in [9.17, 15) is 4.79 Å². The van der Waals surface area contributed by atoms with E-state index in [2.05, 4.69) is 5.32 Å². The lowest BCUT2D eigenvalue weighted by Crippen LogP contribution is -2.36. The number of likely N-dealkylation sites (N-methyl/N-ethyl adjacent to an activating group) is 1. The highest BCUT2D eigenvalue weighted by molar-refractivity contribution is 7.99. The Balaban J connectivity index is 2.43. The van der Waals surface area contributed by atoms with Gasteiger partial charge in [0.05, 0.1) is 16.7 Å². The van der Waals surface area contributed by atoms with Crippen LogP contribution >= 0.6 is 35.0 Å². The summed E-state index contributed by atoms with van der Waals surface area (Å²) in [6.45, 7) is 2.20. The second-order valence-corrected chi connectivity index (χ2v) is 5.79. The molecule has 0 bridgehead atoms. The molecule has 0 saturated carbocycles. The number of carbonyl (C=O) groups is 1. The molecule has 0 aliphatic heterocycles. The largest absolute Gasteiger partial charge is 0.465 e. The molecule has 0 saturated heterocycles. The number of hydrogen-bond acceptors (Lipinski definition) is 4. The highest BCUT2D eigenvalue weighted by Crippen LogP contribution is 2.28. The van der Waals surface area contributed by atoms with Crippen molar-refractivity contribution in [2.24, 2.45) is 0 Å². The van der Waals surface area contributed by atoms with E-state index in [-0.39, 0.29) is 12.0 Å². The van der Waals surface area contributed by atoms with Gasteiger partial charge in [-0.3, -0.25) is 4.79 Å². The summed E-state index contributed by atoms with van der Waals surface area (Å²) >= 11 is 13.4. The van der Waals surface area contributed by atoms with Gasteiger partial charge in [-0.2, -0.15) is 0 Å². The summed E-state index contributed by atoms with van der Waals surface area (Å²) in [5.74, 6) is 0.585. The normalized spacial score (nSPS) is 12.2. The van der Waals surface area contributed by atoms with Gasteiger partial charge in [0.2, 0.25) is 0 Å². The maximum atomic E-state index is 11.6. The number of ether oxygens (including phenoxy) is 1. The Hall–Kier alpha value is -0.420. The van der Waals surface area contributed by atoms with Crippen molar-refractivity contribution in [3.63, 3.8) is 0 Å². The molecule has 1 aromatic carbocycles. The van der Waals surface area contributed by atoms with E-state index in [4.69, 9.17) is 27.9 Å². The van der Waals surface area contributed by atoms with Gasteiger partial charge in [-0.25, -0.2) is 0 Å². The third-order valence-corrected chi connectivity index (χ3v) is 4.25. The highest BCUT2D eigenvalue weighted by Gasteiger charge is 2.16. The zero-order chi connectivity index (χ0) is 14.3. The number of halogens is 2. The van der Waals surface area contributed by atoms with Crippen LogP contribution in [-0.2, 0) is 9.53 Å². The van der Waals surface area contributed by atoms with Gasteiger partial charge in [-0.05, 0) is 38.6 Å². The lowest BCUT2D eigenvalue weighted by molar-refractivity contribution is -0.145. The Morgan fingerprint density at radius 3 is 2.74 bits per heavy atom. The molecule has 1 unspecified atom stereocenters. The summed E-state index contributed by atoms with van der Waals surface area (Å²) in [5.41, 5.74) is 0. The van der Waals surface area contributed by atoms with E-state index in [1.165, 1.54) is 0 Å². The van der Waals surface area contributed by atoms with Crippen LogP contribution in [0.3, 0.4) is 0 Å². The predicted octanol–water partition coefficient (Wildman–Crippen LogP) is 3.63. The number of esters is 1. The molecule has 0 heterocycles. The van der Waals surface area contributed by atoms with Crippen LogP contribution in [0, 0.1) is 0 Å². The molecule has 1 N–H and O–H groups in total. The van der Waals surface area contributed by atoms with Crippen molar-refractivity contribution in [1.29, 1.82) is 0 Å². The van der Waals surface area contributed by atoms with Crippen molar-refractivity contribution in [1.82, 2.24) is 5.32 Å². The zero-order valence-corrected chi connectivity index (χ0v) is 13.2. The van der Waals surface area contributed by atoms with Crippen molar-refractivity contribution < 1.29 is 9.53 Å². The molecule has 0 amide bonds. The monoisotopic (exact) mass is 321 g/mol. The molecular weight excluding hydrogens is 305 g/mol. The van der Waals surface area contributed by atoms with E-state index < -0.39 is 0 Å². The average molecular weight is 322 g/mol. The Bertz CT molecular complexity index is 429. The first-order chi connectivity index (χ1) is 9.08. The summed E-state index contributed by atoms with van der Waals surface area (Å²) in [7, 11) is 1.76. The SMILES string of the molecule is CCOC(=O)C(CCSc1ccc(Cl)c(Cl)c1)NC. The maximum absolute atomic E-state index is 11.6. The van der Waals surface area contributed by atoms with Crippen LogP contribution in [0.1, 0.15) is 13.3 Å². The van der Waals surface area contributed by atoms with Crippen LogP contribution in [0.4, 0.5) is 0 Å². The van der Waals surface area contributed by atoms with Gasteiger partial charge in [-0.1, -0.05) is 23.2 Å². The Labute approximate surface area is 128 Å². The quantitative estimate of drug-likeness (QED) is 0.614. The summed E-state index contributed by atoms with van der Waals surface area (Å²) in [6.07, 6.45) is 0.695. The van der Waals surface area contributed by atoms with E-state index in [0.29, 0.717) is 23.1 Å². The number of hydrogen-bond donors (Lipinski definition) is 1. The van der Waals surface area contributed by atoms with Crippen LogP contribution in [0.2, 0.25) is 10.0 Å². The van der Waals surface area contributed by atoms with Gasteiger partial charge in [0, 0.05) is 10.6 Å². The van der Waals surface area contributed by atoms with Gasteiger partial charge in [-0.15, -0.1) is 11.8 Å². The van der Waals surface area contributed by atoms with Crippen LogP contribution in [0.5, 0.6) is 0 Å². The van der Waals surface area contributed by atoms with Gasteiger partial charge in [0.15, 0.2) is 0 Å². The zero-order valence-electron chi connectivity index (χ0n) is 10.9. The summed E-state index contributed by atoms with van der Waals surface area (Å²) in [4.78, 5) is 12.6. The third kappa shape index (κ3) is 5.61. The minimum absolute atomic E-state index is 0.209. The first-order valence-electron chi connectivity index (χ1n) is 6.00. The Morgan fingerprint density at radius 2 is 2.16 bits per heavy atom. The van der Waals surface area contributed by atoms with Crippen molar-refractivity contribution >= 4 is 40.9 Å². The number of thioether (sulfide) groups is 1. The summed E-state index contributed by atoms with van der Waals surface area (Å²) in [5, 5.41) is 4.05. The van der Waals surface area contributed by atoms with Crippen LogP contribution in [0.15, 0.2) is 23.1 Å². The second kappa shape index (κ2) is 8.69. The lowest BCUT2D eigenvalue weighted by atomic mass is 10.2. The number of rotatable bonds is 7. The molecule has 0 radical (unpaired) electrons. The topological polar surface area (TPSA) is 38.3 Å². The molecule has 3 nitrogen and oxygen atoms in total. The smallest absolute Gasteiger partial charge is 0.323 e. The molecule has 0 aliphatic rings. The van der Waals surface area contributed by atoms with Gasteiger partial charge in [0.25, 0.3) is 0 Å². The molecule has 1 atom stereocenters. The van der Waals surface area contributed by atoms with Crippen LogP contribution in [-0.4, -0.2) is 31.4 Å². The summed E-state index contributed by atoms with van der Waals surface area (Å²) in [6, 6.07) is 5.24. The Morgan fingerprint density at radius 1 is 1.42 bits per heavy atom. The molecule has 19 heavy (non-hydrogen) atoms. The van der Waals surface area contributed by atoms with E-state index in [0.717, 1.165) is 10.6 Å². The van der Waals surface area contributed by atoms with Gasteiger partial charge < -0.3 is 10.1 Å². The molecule has 0 fully saturated rings. The standard InChI is InChI=1S/C13H17Cl2NO2S/c1-3-18-13(17)12(16-2)6-7-19-9-4-5-10(14)11(15)8-9/h4-5,8,12,16H,3,6-7H2,1-2H3. The molecule has 6 heteroatoms. The summed E-state index contributed by atoms with van der Waals surface area (Å²) < 4.78 is 4.98. The molecule has 1 aromatic rings. The van der Waals surface area contributed by atoms with Gasteiger partial charge in [0.1, 0.15) is 6.04 Å². The molecule has 0 spiro atoms. The fourth-order valence-corrected chi connectivity index (χ4v) is 2.80. The van der Waals surface area contributed by atoms with Crippen molar-refractivity contribution in [2.75, 3.05) is 19.4 Å². The van der Waals surface area contributed by atoms with E-state index in [1.807, 2.05) is 12.1 Å². The average Bonchev–Trinajstić information content (AvgIpc) is 2.39. The van der Waals surface area contributed by atoms with Crippen molar-refractivity contribution in [3.05, 3.63) is 28.2 Å². The lowest BCUT2D eigenvalue weighted by Gasteiger charge is -2.14. The molecule has 106 valence electrons. The van der Waals surface area contributed by atoms with Crippen molar-refractivity contribution in [2.45, 2.75) is 24.3 Å². The second-order valence-electron chi connectivity index (χ2n) is 3.81. The van der Waals surface area contributed by atoms with Crippen molar-refractivity contribution in [3.8, 4) is 0 Å². The number of benzene rings is 1. The van der Waals surface area contributed by atoms with E-state index in [1.54, 1.807) is 31.8 Å². The third-order valence-electron chi connectivity index (χ3n) is 2.49. The van der Waals surface area contributed by atoms with Gasteiger partial charge >= 0.3 is 5.97 Å². The van der Waals surface area contributed by atoms with E-state index >= 15 is 0 Å².